The van der Waals surface area contributed by atoms with Gasteiger partial charge in [-0.3, -0.25) is 0 Å². The van der Waals surface area contributed by atoms with Crippen molar-refractivity contribution in [3.63, 3.8) is 0 Å². The molecule has 4 saturated carbocycles. The molecule has 2 aliphatic heterocycles. The first-order valence-electron chi connectivity index (χ1n) is 5.10. The lowest BCUT2D eigenvalue weighted by Gasteiger charge is -2.30. The maximum atomic E-state index is 6.07. The minimum Gasteiger partial charge on any atom is -0.374 e. The summed E-state index contributed by atoms with van der Waals surface area (Å²) in [6.07, 6.45) is 4.63. The van der Waals surface area contributed by atoms with Crippen LogP contribution in [0.25, 0.3) is 0 Å². The molecule has 6 aliphatic rings. The van der Waals surface area contributed by atoms with Gasteiger partial charge in [0.15, 0.2) is 0 Å². The Kier molecular flexibility index (Phi) is 0.486. The van der Waals surface area contributed by atoms with Crippen molar-refractivity contribution in [2.75, 3.05) is 0 Å². The predicted molar refractivity (Wildman–Crippen MR) is 38.8 cm³/mol. The molecule has 6 rings (SSSR count). The maximum absolute atomic E-state index is 6.07. The lowest BCUT2D eigenvalue weighted by molar-refractivity contribution is 0.0845. The van der Waals surface area contributed by atoms with Crippen molar-refractivity contribution in [3.05, 3.63) is 0 Å². The zero-order valence-electron chi connectivity index (χ0n) is 6.44. The third kappa shape index (κ3) is 0.274. The fraction of sp³-hybridized carbons (Fsp3) is 1.00. The highest BCUT2D eigenvalue weighted by Gasteiger charge is 2.78. The normalized spacial score (nSPS) is 85.1. The monoisotopic (exact) mass is 148 g/mol. The molecule has 11 heavy (non-hydrogen) atoms. The molecule has 2 heterocycles. The van der Waals surface area contributed by atoms with Crippen molar-refractivity contribution in [2.45, 2.75) is 25.0 Å². The summed E-state index contributed by atoms with van der Waals surface area (Å²) in [5.74, 6) is 6.47. The Labute approximate surface area is 66.1 Å². The molecule has 1 nitrogen and oxygen atoms in total. The summed E-state index contributed by atoms with van der Waals surface area (Å²) in [6, 6.07) is 0. The molecular formula is C10H12O. The van der Waals surface area contributed by atoms with Gasteiger partial charge < -0.3 is 4.74 Å². The van der Waals surface area contributed by atoms with E-state index < -0.39 is 0 Å². The number of hydrogen-bond acceptors (Lipinski definition) is 1. The standard InChI is InChI=1S/C10H12O/c1-3-4-2-6-7(3)9-5(1)8(4)10(6)11-9/h3-10H,1-2H2. The van der Waals surface area contributed by atoms with Gasteiger partial charge in [0.2, 0.25) is 0 Å². The van der Waals surface area contributed by atoms with Crippen LogP contribution < -0.4 is 0 Å². The van der Waals surface area contributed by atoms with Crippen LogP contribution in [0.3, 0.4) is 0 Å². The Balaban J connectivity index is 1.94. The first-order valence-corrected chi connectivity index (χ1v) is 5.10. The Morgan fingerprint density at radius 1 is 0.727 bits per heavy atom. The average Bonchev–Trinajstić information content (AvgIpc) is 2.56. The van der Waals surface area contributed by atoms with E-state index in [4.69, 9.17) is 4.74 Å². The van der Waals surface area contributed by atoms with Crippen molar-refractivity contribution in [2.24, 2.45) is 35.5 Å². The second kappa shape index (κ2) is 1.10. The van der Waals surface area contributed by atoms with E-state index in [2.05, 4.69) is 0 Å². The molecule has 1 heteroatoms. The quantitative estimate of drug-likeness (QED) is 0.503. The number of rotatable bonds is 0. The van der Waals surface area contributed by atoms with E-state index >= 15 is 0 Å². The van der Waals surface area contributed by atoms with E-state index in [0.717, 1.165) is 47.7 Å². The van der Waals surface area contributed by atoms with Gasteiger partial charge in [-0.1, -0.05) is 0 Å². The van der Waals surface area contributed by atoms with E-state index in [-0.39, 0.29) is 0 Å². The molecule has 2 saturated heterocycles. The summed E-state index contributed by atoms with van der Waals surface area (Å²) in [4.78, 5) is 0. The maximum Gasteiger partial charge on any atom is 0.0645 e. The molecule has 0 radical (unpaired) electrons. The Bertz CT molecular complexity index is 195. The first-order chi connectivity index (χ1) is 5.45. The van der Waals surface area contributed by atoms with Crippen molar-refractivity contribution in [1.29, 1.82) is 0 Å². The SMILES string of the molecule is C1C2C3CC4C5OC(C1C35)C24. The van der Waals surface area contributed by atoms with Crippen LogP contribution in [0.5, 0.6) is 0 Å². The molecule has 0 spiro atoms. The lowest BCUT2D eigenvalue weighted by atomic mass is 9.71. The fourth-order valence-electron chi connectivity index (χ4n) is 5.63. The number of hydrogen-bond donors (Lipinski definition) is 0. The van der Waals surface area contributed by atoms with E-state index in [1.807, 2.05) is 0 Å². The molecule has 6 bridgehead atoms. The van der Waals surface area contributed by atoms with Crippen LogP contribution >= 0.6 is 0 Å². The third-order valence-corrected chi connectivity index (χ3v) is 5.53. The van der Waals surface area contributed by atoms with Crippen LogP contribution in [-0.2, 0) is 4.74 Å². The minimum atomic E-state index is 0.763. The van der Waals surface area contributed by atoms with Crippen LogP contribution in [0.1, 0.15) is 12.8 Å². The lowest BCUT2D eigenvalue weighted by Crippen LogP contribution is -2.35. The Morgan fingerprint density at radius 2 is 1.27 bits per heavy atom. The van der Waals surface area contributed by atoms with E-state index in [1.165, 1.54) is 0 Å². The summed E-state index contributed by atoms with van der Waals surface area (Å²) < 4.78 is 6.07. The van der Waals surface area contributed by atoms with Gasteiger partial charge in [-0.2, -0.15) is 0 Å². The molecule has 8 atom stereocenters. The summed E-state index contributed by atoms with van der Waals surface area (Å²) in [5, 5.41) is 0. The topological polar surface area (TPSA) is 9.23 Å². The van der Waals surface area contributed by atoms with Gasteiger partial charge in [0, 0.05) is 0 Å². The number of ether oxygens (including phenoxy) is 1. The highest BCUT2D eigenvalue weighted by molar-refractivity contribution is 5.25. The first kappa shape index (κ1) is 4.86. The van der Waals surface area contributed by atoms with Crippen molar-refractivity contribution < 1.29 is 4.74 Å². The molecule has 0 N–H and O–H groups in total. The summed E-state index contributed by atoms with van der Waals surface area (Å²) in [6.45, 7) is 0. The van der Waals surface area contributed by atoms with Crippen LogP contribution in [0, 0.1) is 35.5 Å². The fourth-order valence-corrected chi connectivity index (χ4v) is 5.63. The molecule has 0 amide bonds. The largest absolute Gasteiger partial charge is 0.374 e. The van der Waals surface area contributed by atoms with Crippen LogP contribution in [-0.4, -0.2) is 12.2 Å². The van der Waals surface area contributed by atoms with Gasteiger partial charge in [-0.05, 0) is 48.3 Å². The van der Waals surface area contributed by atoms with E-state index in [9.17, 15) is 0 Å². The highest BCUT2D eigenvalue weighted by Crippen LogP contribution is 2.77. The summed E-state index contributed by atoms with van der Waals surface area (Å²) in [5.41, 5.74) is 0. The molecule has 0 aromatic carbocycles. The molecule has 0 aromatic rings. The van der Waals surface area contributed by atoms with Gasteiger partial charge in [-0.15, -0.1) is 0 Å². The predicted octanol–water partition coefficient (Wildman–Crippen LogP) is 1.29. The van der Waals surface area contributed by atoms with E-state index in [1.54, 1.807) is 12.8 Å². The molecule has 58 valence electrons. The molecule has 6 fully saturated rings. The van der Waals surface area contributed by atoms with Gasteiger partial charge in [-0.25, -0.2) is 0 Å². The van der Waals surface area contributed by atoms with Gasteiger partial charge in [0.1, 0.15) is 0 Å². The van der Waals surface area contributed by atoms with Crippen molar-refractivity contribution in [1.82, 2.24) is 0 Å². The minimum absolute atomic E-state index is 0.763. The Hall–Kier alpha value is -0.0400. The third-order valence-electron chi connectivity index (χ3n) is 5.53. The van der Waals surface area contributed by atoms with Crippen LogP contribution in [0.15, 0.2) is 0 Å². The summed E-state index contributed by atoms with van der Waals surface area (Å²) in [7, 11) is 0. The average molecular weight is 148 g/mol. The second-order valence-corrected chi connectivity index (χ2v) is 5.35. The Morgan fingerprint density at radius 3 is 1.82 bits per heavy atom. The molecule has 0 aromatic heterocycles. The second-order valence-electron chi connectivity index (χ2n) is 5.35. The van der Waals surface area contributed by atoms with Gasteiger partial charge in [0.25, 0.3) is 0 Å². The van der Waals surface area contributed by atoms with E-state index in [0.29, 0.717) is 0 Å². The molecular weight excluding hydrogens is 136 g/mol. The van der Waals surface area contributed by atoms with Gasteiger partial charge >= 0.3 is 0 Å². The van der Waals surface area contributed by atoms with Gasteiger partial charge in [0.05, 0.1) is 12.2 Å². The van der Waals surface area contributed by atoms with Crippen LogP contribution in [0.2, 0.25) is 0 Å². The zero-order chi connectivity index (χ0) is 6.74. The highest BCUT2D eigenvalue weighted by atomic mass is 16.5. The zero-order valence-corrected chi connectivity index (χ0v) is 6.44. The van der Waals surface area contributed by atoms with Crippen molar-refractivity contribution in [3.8, 4) is 0 Å². The summed E-state index contributed by atoms with van der Waals surface area (Å²) >= 11 is 0. The van der Waals surface area contributed by atoms with Crippen molar-refractivity contribution >= 4 is 0 Å². The smallest absolute Gasteiger partial charge is 0.0645 e. The molecule has 8 unspecified atom stereocenters. The molecule has 4 aliphatic carbocycles. The van der Waals surface area contributed by atoms with Crippen LogP contribution in [0.4, 0.5) is 0 Å².